The Hall–Kier alpha value is -1.20. The van der Waals surface area contributed by atoms with Crippen LogP contribution in [0.25, 0.3) is 0 Å². The Morgan fingerprint density at radius 2 is 2.21 bits per heavy atom. The summed E-state index contributed by atoms with van der Waals surface area (Å²) in [5.41, 5.74) is 6.58. The number of methoxy groups -OCH3 is 1. The van der Waals surface area contributed by atoms with Gasteiger partial charge in [0, 0.05) is 23.7 Å². The lowest BCUT2D eigenvalue weighted by Crippen LogP contribution is -2.21. The molecule has 2 N–H and O–H groups in total. The highest BCUT2D eigenvalue weighted by Crippen LogP contribution is 2.39. The molecule has 0 amide bonds. The highest BCUT2D eigenvalue weighted by molar-refractivity contribution is 5.40. The van der Waals surface area contributed by atoms with Crippen molar-refractivity contribution in [3.05, 3.63) is 29.3 Å². The van der Waals surface area contributed by atoms with Crippen LogP contribution in [0.4, 0.5) is 8.78 Å². The van der Waals surface area contributed by atoms with E-state index in [1.807, 2.05) is 7.05 Å². The van der Waals surface area contributed by atoms with Crippen molar-refractivity contribution in [2.75, 3.05) is 27.2 Å². The number of hydrogen-bond donors (Lipinski definition) is 1. The van der Waals surface area contributed by atoms with Crippen LogP contribution in [0.5, 0.6) is 5.75 Å². The number of hydrogen-bond acceptors (Lipinski definition) is 3. The summed E-state index contributed by atoms with van der Waals surface area (Å²) in [6.07, 6.45) is -1.57. The van der Waals surface area contributed by atoms with E-state index in [2.05, 4.69) is 4.90 Å². The summed E-state index contributed by atoms with van der Waals surface area (Å²) in [6, 6.07) is 4.70. The molecule has 2 rings (SSSR count). The van der Waals surface area contributed by atoms with Gasteiger partial charge in [-0.1, -0.05) is 0 Å². The summed E-state index contributed by atoms with van der Waals surface area (Å²) in [5.74, 6) is 1.08. The molecule has 1 aromatic rings. The number of benzene rings is 1. The number of alkyl halides is 2. The van der Waals surface area contributed by atoms with Crippen LogP contribution in [0.1, 0.15) is 30.0 Å². The predicted molar refractivity (Wildman–Crippen MR) is 70.5 cm³/mol. The SMILES string of the molecule is COc1ccc(C(F)F)cc1C1CC(CN)CN1C. The van der Waals surface area contributed by atoms with Crippen LogP contribution in [0.15, 0.2) is 18.2 Å². The van der Waals surface area contributed by atoms with Gasteiger partial charge in [0.2, 0.25) is 0 Å². The second-order valence-electron chi connectivity index (χ2n) is 5.09. The Labute approximate surface area is 112 Å². The topological polar surface area (TPSA) is 38.5 Å². The van der Waals surface area contributed by atoms with E-state index in [4.69, 9.17) is 10.5 Å². The largest absolute Gasteiger partial charge is 0.496 e. The van der Waals surface area contributed by atoms with Gasteiger partial charge in [-0.05, 0) is 44.1 Å². The number of rotatable bonds is 4. The molecule has 0 aromatic heterocycles. The Bertz CT molecular complexity index is 439. The molecule has 2 unspecified atom stereocenters. The van der Waals surface area contributed by atoms with Crippen molar-refractivity contribution in [3.63, 3.8) is 0 Å². The first kappa shape index (κ1) is 14.2. The minimum Gasteiger partial charge on any atom is -0.496 e. The van der Waals surface area contributed by atoms with Crippen molar-refractivity contribution < 1.29 is 13.5 Å². The molecule has 0 radical (unpaired) electrons. The molecule has 1 aliphatic rings. The van der Waals surface area contributed by atoms with Crippen LogP contribution in [0, 0.1) is 5.92 Å². The van der Waals surface area contributed by atoms with Crippen molar-refractivity contribution in [2.45, 2.75) is 18.9 Å². The van der Waals surface area contributed by atoms with Crippen molar-refractivity contribution in [1.82, 2.24) is 4.90 Å². The molecule has 1 aromatic carbocycles. The average molecular weight is 270 g/mol. The van der Waals surface area contributed by atoms with Gasteiger partial charge in [0.05, 0.1) is 7.11 Å². The second kappa shape index (κ2) is 5.84. The molecule has 1 heterocycles. The van der Waals surface area contributed by atoms with Gasteiger partial charge in [-0.2, -0.15) is 0 Å². The number of halogens is 2. The van der Waals surface area contributed by atoms with E-state index < -0.39 is 6.43 Å². The van der Waals surface area contributed by atoms with Gasteiger partial charge in [-0.3, -0.25) is 4.90 Å². The van der Waals surface area contributed by atoms with Crippen LogP contribution in [-0.2, 0) is 0 Å². The fourth-order valence-electron chi connectivity index (χ4n) is 2.79. The van der Waals surface area contributed by atoms with E-state index in [0.717, 1.165) is 18.5 Å². The van der Waals surface area contributed by atoms with Crippen LogP contribution in [0.3, 0.4) is 0 Å². The zero-order valence-corrected chi connectivity index (χ0v) is 11.3. The molecule has 0 bridgehead atoms. The molecule has 2 atom stereocenters. The lowest BCUT2D eigenvalue weighted by Gasteiger charge is -2.22. The van der Waals surface area contributed by atoms with E-state index in [1.54, 1.807) is 19.2 Å². The lowest BCUT2D eigenvalue weighted by molar-refractivity contribution is 0.151. The molecule has 106 valence electrons. The number of nitrogens with two attached hydrogens (primary N) is 1. The zero-order chi connectivity index (χ0) is 14.0. The van der Waals surface area contributed by atoms with E-state index in [0.29, 0.717) is 18.2 Å². The highest BCUT2D eigenvalue weighted by atomic mass is 19.3. The van der Waals surface area contributed by atoms with Gasteiger partial charge in [0.1, 0.15) is 5.75 Å². The van der Waals surface area contributed by atoms with E-state index in [-0.39, 0.29) is 11.6 Å². The van der Waals surface area contributed by atoms with Crippen molar-refractivity contribution in [3.8, 4) is 5.75 Å². The van der Waals surface area contributed by atoms with Gasteiger partial charge in [-0.15, -0.1) is 0 Å². The molecular formula is C14H20F2N2O. The van der Waals surface area contributed by atoms with Crippen molar-refractivity contribution >= 4 is 0 Å². The van der Waals surface area contributed by atoms with Crippen molar-refractivity contribution in [1.29, 1.82) is 0 Å². The third-order valence-corrected chi connectivity index (χ3v) is 3.83. The molecule has 1 saturated heterocycles. The first-order chi connectivity index (χ1) is 9.06. The van der Waals surface area contributed by atoms with Crippen LogP contribution >= 0.6 is 0 Å². The molecule has 1 fully saturated rings. The summed E-state index contributed by atoms with van der Waals surface area (Å²) in [7, 11) is 3.56. The Balaban J connectivity index is 2.34. The van der Waals surface area contributed by atoms with Crippen LogP contribution in [0.2, 0.25) is 0 Å². The van der Waals surface area contributed by atoms with Crippen molar-refractivity contribution in [2.24, 2.45) is 11.7 Å². The van der Waals surface area contributed by atoms with Crippen LogP contribution < -0.4 is 10.5 Å². The predicted octanol–water partition coefficient (Wildman–Crippen LogP) is 2.58. The number of nitrogens with zero attached hydrogens (tertiary/aromatic N) is 1. The fraction of sp³-hybridized carbons (Fsp3) is 0.571. The van der Waals surface area contributed by atoms with E-state index in [9.17, 15) is 8.78 Å². The minimum absolute atomic E-state index is 0.0420. The molecule has 1 aliphatic heterocycles. The second-order valence-corrected chi connectivity index (χ2v) is 5.09. The minimum atomic E-state index is -2.46. The maximum Gasteiger partial charge on any atom is 0.263 e. The first-order valence-corrected chi connectivity index (χ1v) is 6.43. The van der Waals surface area contributed by atoms with Gasteiger partial charge < -0.3 is 10.5 Å². The molecular weight excluding hydrogens is 250 g/mol. The van der Waals surface area contributed by atoms with Gasteiger partial charge >= 0.3 is 0 Å². The number of likely N-dealkylation sites (tertiary alicyclic amines) is 1. The first-order valence-electron chi connectivity index (χ1n) is 6.43. The summed E-state index contributed by atoms with van der Waals surface area (Å²) in [5, 5.41) is 0. The third kappa shape index (κ3) is 2.87. The molecule has 0 aliphatic carbocycles. The molecule has 19 heavy (non-hydrogen) atoms. The van der Waals surface area contributed by atoms with E-state index in [1.165, 1.54) is 6.07 Å². The standard InChI is InChI=1S/C14H20F2N2O/c1-18-8-9(7-17)5-12(18)11-6-10(14(15)16)3-4-13(11)19-2/h3-4,6,9,12,14H,5,7-8,17H2,1-2H3. The molecule has 0 saturated carbocycles. The zero-order valence-electron chi connectivity index (χ0n) is 11.3. The Morgan fingerprint density at radius 1 is 1.47 bits per heavy atom. The summed E-state index contributed by atoms with van der Waals surface area (Å²) < 4.78 is 31.0. The van der Waals surface area contributed by atoms with Gasteiger partial charge in [-0.25, -0.2) is 8.78 Å². The Kier molecular flexibility index (Phi) is 4.37. The summed E-state index contributed by atoms with van der Waals surface area (Å²) in [6.45, 7) is 1.51. The summed E-state index contributed by atoms with van der Waals surface area (Å²) >= 11 is 0. The lowest BCUT2D eigenvalue weighted by atomic mass is 9.97. The summed E-state index contributed by atoms with van der Waals surface area (Å²) in [4.78, 5) is 2.16. The molecule has 5 heteroatoms. The quantitative estimate of drug-likeness (QED) is 0.914. The average Bonchev–Trinajstić information content (AvgIpc) is 2.79. The Morgan fingerprint density at radius 3 is 2.74 bits per heavy atom. The third-order valence-electron chi connectivity index (χ3n) is 3.83. The van der Waals surface area contributed by atoms with Gasteiger partial charge in [0.15, 0.2) is 0 Å². The smallest absolute Gasteiger partial charge is 0.263 e. The fourth-order valence-corrected chi connectivity index (χ4v) is 2.79. The normalized spacial score (nSPS) is 24.1. The molecule has 3 nitrogen and oxygen atoms in total. The van der Waals surface area contributed by atoms with E-state index >= 15 is 0 Å². The molecule has 0 spiro atoms. The monoisotopic (exact) mass is 270 g/mol. The van der Waals surface area contributed by atoms with Gasteiger partial charge in [0.25, 0.3) is 6.43 Å². The number of ether oxygens (including phenoxy) is 1. The van der Waals surface area contributed by atoms with Crippen LogP contribution in [-0.4, -0.2) is 32.1 Å². The highest BCUT2D eigenvalue weighted by Gasteiger charge is 2.32. The maximum absolute atomic E-state index is 12.8. The maximum atomic E-state index is 12.8.